The number of hydrogen-bond acceptors (Lipinski definition) is 9. The number of nitrogens with one attached hydrogen (secondary N) is 2. The average Bonchev–Trinajstić information content (AvgIpc) is 3.59. The normalized spacial score (nSPS) is 26.1. The predicted molar refractivity (Wildman–Crippen MR) is 197 cm³/mol. The fraction of sp³-hybridized carbons (Fsp3) is 0.610. The molecule has 1 aromatic heterocycles. The van der Waals surface area contributed by atoms with Crippen LogP contribution in [0.5, 0.6) is 11.5 Å². The zero-order valence-corrected chi connectivity index (χ0v) is 31.0. The van der Waals surface area contributed by atoms with Gasteiger partial charge in [-0.3, -0.25) is 9.59 Å². The summed E-state index contributed by atoms with van der Waals surface area (Å²) < 4.78 is 17.6. The van der Waals surface area contributed by atoms with Crippen LogP contribution in [-0.2, 0) is 31.9 Å². The lowest BCUT2D eigenvalue weighted by Gasteiger charge is -2.48. The number of aromatic nitrogens is 1. The summed E-state index contributed by atoms with van der Waals surface area (Å²) in [5, 5.41) is 24.4. The number of carbonyl (C=O) groups is 2. The smallest absolute Gasteiger partial charge is 0.302 e. The lowest BCUT2D eigenvalue weighted by Crippen LogP contribution is -2.42. The van der Waals surface area contributed by atoms with Crippen LogP contribution in [0, 0.1) is 41.4 Å². The molecular formula is C41H59N3O7. The fourth-order valence-electron chi connectivity index (χ4n) is 9.36. The van der Waals surface area contributed by atoms with E-state index >= 15 is 0 Å². The van der Waals surface area contributed by atoms with E-state index in [4.69, 9.17) is 19.9 Å². The van der Waals surface area contributed by atoms with E-state index in [9.17, 15) is 19.8 Å². The molecule has 2 aromatic rings. The van der Waals surface area contributed by atoms with Crippen LogP contribution in [0.15, 0.2) is 48.4 Å². The minimum Gasteiger partial charge on any atom is -0.504 e. The highest BCUT2D eigenvalue weighted by Crippen LogP contribution is 2.50. The van der Waals surface area contributed by atoms with Gasteiger partial charge in [0.05, 0.1) is 12.9 Å². The van der Waals surface area contributed by atoms with Crippen molar-refractivity contribution >= 4 is 17.5 Å². The number of aliphatic hydroxyl groups excluding tert-OH is 1. The maximum Gasteiger partial charge on any atom is 0.302 e. The molecule has 1 aromatic carbocycles. The number of aliphatic hydroxyl groups is 1. The number of aromatic amines is 1. The van der Waals surface area contributed by atoms with Crippen LogP contribution < -0.4 is 15.8 Å². The van der Waals surface area contributed by atoms with E-state index in [1.165, 1.54) is 26.7 Å². The summed E-state index contributed by atoms with van der Waals surface area (Å²) in [6, 6.07) is 7.75. The molecule has 0 spiro atoms. The third-order valence-electron chi connectivity index (χ3n) is 11.7. The highest BCUT2D eigenvalue weighted by molar-refractivity contribution is 5.79. The first-order chi connectivity index (χ1) is 24.4. The van der Waals surface area contributed by atoms with Crippen molar-refractivity contribution in [3.63, 3.8) is 0 Å². The number of phenolic OH excluding ortho intramolecular Hbond substituents is 1. The van der Waals surface area contributed by atoms with E-state index in [-0.39, 0.29) is 30.2 Å². The number of carbonyl (C=O) groups excluding carboxylic acids is 2. The molecule has 2 aliphatic carbocycles. The Morgan fingerprint density at radius 1 is 1.04 bits per heavy atom. The molecule has 2 saturated carbocycles. The van der Waals surface area contributed by atoms with Gasteiger partial charge in [0.15, 0.2) is 11.5 Å². The van der Waals surface area contributed by atoms with E-state index in [1.54, 1.807) is 6.07 Å². The Morgan fingerprint density at radius 2 is 1.82 bits per heavy atom. The molecular weight excluding hydrogens is 646 g/mol. The summed E-state index contributed by atoms with van der Waals surface area (Å²) >= 11 is 0. The molecule has 2 fully saturated rings. The molecule has 0 saturated heterocycles. The number of allylic oxidation sites excluding steroid dienone is 2. The van der Waals surface area contributed by atoms with Crippen molar-refractivity contribution in [3.8, 4) is 11.5 Å². The van der Waals surface area contributed by atoms with Gasteiger partial charge in [-0.1, -0.05) is 19.9 Å². The Labute approximate surface area is 303 Å². The number of esters is 2. The largest absolute Gasteiger partial charge is 0.504 e. The summed E-state index contributed by atoms with van der Waals surface area (Å²) in [6.45, 7) is 8.17. The van der Waals surface area contributed by atoms with Crippen molar-refractivity contribution in [2.24, 2.45) is 47.2 Å². The van der Waals surface area contributed by atoms with Crippen molar-refractivity contribution in [1.82, 2.24) is 10.3 Å². The number of hydrogen-bond donors (Lipinski definition) is 5. The van der Waals surface area contributed by atoms with Crippen molar-refractivity contribution < 1.29 is 34.0 Å². The van der Waals surface area contributed by atoms with Crippen molar-refractivity contribution in [2.45, 2.75) is 97.7 Å². The lowest BCUT2D eigenvalue weighted by atomic mass is 9.58. The standard InChI is InChI=1S/C41H59N3O7/c1-24(2)36-18-31(17-34-7-6-11-43-34)30-13-27(23-45)14-33(16-32(36)15-30)39(51-26(4)47)21-35(50-25(3)46)9-8-28-19-40(49-5)38(48)22-37(28)29-10-12-44-41(42)20-29/h6-7,10-11,19-20,22,24,27,30-33,35-36,39,43-45,48H,8-9,12-18,21,23,42H2,1-5H3. The number of phenols is 1. The first-order valence-corrected chi connectivity index (χ1v) is 18.8. The first kappa shape index (κ1) is 38.3. The first-order valence-electron chi connectivity index (χ1n) is 18.8. The second kappa shape index (κ2) is 17.5. The molecule has 10 heteroatoms. The number of dihydropyridines is 1. The molecule has 5 rings (SSSR count). The summed E-state index contributed by atoms with van der Waals surface area (Å²) in [6.07, 6.45) is 12.1. The molecule has 6 N–H and O–H groups in total. The number of nitrogens with two attached hydrogens (primary N) is 1. The van der Waals surface area contributed by atoms with E-state index in [2.05, 4.69) is 36.3 Å². The highest BCUT2D eigenvalue weighted by Gasteiger charge is 2.44. The van der Waals surface area contributed by atoms with Crippen molar-refractivity contribution in [3.05, 3.63) is 65.3 Å². The second-order valence-electron chi connectivity index (χ2n) is 15.5. The van der Waals surface area contributed by atoms with Gasteiger partial charge in [-0.2, -0.15) is 0 Å². The van der Waals surface area contributed by atoms with Crippen LogP contribution in [0.3, 0.4) is 0 Å². The van der Waals surface area contributed by atoms with Crippen LogP contribution in [0.2, 0.25) is 0 Å². The Kier molecular flexibility index (Phi) is 13.2. The summed E-state index contributed by atoms with van der Waals surface area (Å²) in [5.74, 6) is 2.93. The molecule has 0 radical (unpaired) electrons. The lowest BCUT2D eigenvalue weighted by molar-refractivity contribution is -0.157. The van der Waals surface area contributed by atoms with E-state index < -0.39 is 18.2 Å². The van der Waals surface area contributed by atoms with Gasteiger partial charge in [-0.15, -0.1) is 0 Å². The minimum atomic E-state index is -0.523. The third-order valence-corrected chi connectivity index (χ3v) is 11.7. The van der Waals surface area contributed by atoms with Crippen LogP contribution in [0.4, 0.5) is 0 Å². The number of methoxy groups -OCH3 is 1. The van der Waals surface area contributed by atoms with Gasteiger partial charge in [0.2, 0.25) is 0 Å². The van der Waals surface area contributed by atoms with Gasteiger partial charge in [-0.25, -0.2) is 0 Å². The Bertz CT molecular complexity index is 1530. The van der Waals surface area contributed by atoms with Gasteiger partial charge >= 0.3 is 11.9 Å². The topological polar surface area (TPSA) is 156 Å². The number of H-pyrrole nitrogens is 1. The maximum atomic E-state index is 12.7. The van der Waals surface area contributed by atoms with Crippen molar-refractivity contribution in [2.75, 3.05) is 20.3 Å². The summed E-state index contributed by atoms with van der Waals surface area (Å²) in [5.41, 5.74) is 9.98. The Balaban J connectivity index is 1.39. The zero-order valence-electron chi connectivity index (χ0n) is 31.0. The van der Waals surface area contributed by atoms with Crippen LogP contribution in [0.1, 0.15) is 89.5 Å². The number of benzene rings is 1. The minimum absolute atomic E-state index is 0.0219. The molecule has 0 amide bonds. The Hall–Kier alpha value is -3.92. The predicted octanol–water partition coefficient (Wildman–Crippen LogP) is 6.27. The van der Waals surface area contributed by atoms with Gasteiger partial charge in [0.25, 0.3) is 0 Å². The molecule has 51 heavy (non-hydrogen) atoms. The average molecular weight is 706 g/mol. The van der Waals surface area contributed by atoms with Gasteiger partial charge < -0.3 is 40.5 Å². The van der Waals surface area contributed by atoms with E-state index in [0.29, 0.717) is 67.0 Å². The van der Waals surface area contributed by atoms with E-state index in [0.717, 1.165) is 55.2 Å². The van der Waals surface area contributed by atoms with E-state index in [1.807, 2.05) is 24.4 Å². The summed E-state index contributed by atoms with van der Waals surface area (Å²) in [7, 11) is 1.51. The maximum absolute atomic E-state index is 12.7. The molecule has 8 unspecified atom stereocenters. The number of aromatic hydroxyl groups is 1. The van der Waals surface area contributed by atoms with Crippen LogP contribution >= 0.6 is 0 Å². The number of ether oxygens (including phenoxy) is 3. The second-order valence-corrected chi connectivity index (χ2v) is 15.5. The molecule has 2 heterocycles. The molecule has 2 bridgehead atoms. The molecule has 10 nitrogen and oxygen atoms in total. The number of aryl methyl sites for hydroxylation is 1. The zero-order chi connectivity index (χ0) is 36.7. The monoisotopic (exact) mass is 705 g/mol. The van der Waals surface area contributed by atoms with Crippen LogP contribution in [0.25, 0.3) is 5.57 Å². The molecule has 1 aliphatic heterocycles. The molecule has 280 valence electrons. The van der Waals surface area contributed by atoms with Gasteiger partial charge in [0.1, 0.15) is 12.2 Å². The molecule has 3 aliphatic rings. The van der Waals surface area contributed by atoms with Crippen LogP contribution in [-0.4, -0.2) is 59.6 Å². The highest BCUT2D eigenvalue weighted by atomic mass is 16.6. The number of rotatable bonds is 14. The quantitative estimate of drug-likeness (QED) is 0.143. The molecule has 8 atom stereocenters. The third kappa shape index (κ3) is 10.1. The summed E-state index contributed by atoms with van der Waals surface area (Å²) in [4.78, 5) is 28.6. The number of fused-ring (bicyclic) bond motifs is 2. The SMILES string of the molecule is COc1cc(CCC(CC(OC(C)=O)C2CC(CO)CC3CC(C2)C(C(C)C)CC3Cc2ccc[nH]2)OC(C)=O)c(C2=CCNC(N)=C2)cc1O. The van der Waals surface area contributed by atoms with Gasteiger partial charge in [-0.05, 0) is 140 Å². The Morgan fingerprint density at radius 3 is 2.47 bits per heavy atom. The van der Waals surface area contributed by atoms with Crippen molar-refractivity contribution in [1.29, 1.82) is 0 Å². The fourth-order valence-corrected chi connectivity index (χ4v) is 9.36. The van der Waals surface area contributed by atoms with Gasteiger partial charge in [0, 0.05) is 45.3 Å².